The van der Waals surface area contributed by atoms with Gasteiger partial charge in [-0.25, -0.2) is 4.98 Å². The maximum absolute atomic E-state index is 9.61. The molecule has 0 spiro atoms. The van der Waals surface area contributed by atoms with Crippen LogP contribution < -0.4 is 5.32 Å². The highest BCUT2D eigenvalue weighted by molar-refractivity contribution is 5.34. The number of aliphatic hydroxyl groups excluding tert-OH is 1. The van der Waals surface area contributed by atoms with Gasteiger partial charge in [-0.15, -0.1) is 0 Å². The zero-order chi connectivity index (χ0) is 11.4. The minimum atomic E-state index is -0.201. The Morgan fingerprint density at radius 2 is 2.44 bits per heavy atom. The van der Waals surface area contributed by atoms with Crippen molar-refractivity contribution < 1.29 is 5.11 Å². The summed E-state index contributed by atoms with van der Waals surface area (Å²) in [4.78, 5) is 8.23. The van der Waals surface area contributed by atoms with Gasteiger partial charge in [-0.1, -0.05) is 19.8 Å². The van der Waals surface area contributed by atoms with Crippen LogP contribution in [0.1, 0.15) is 32.6 Å². The fraction of sp³-hybridized carbons (Fsp3) is 0.667. The second kappa shape index (κ2) is 4.78. The molecule has 1 heterocycles. The summed E-state index contributed by atoms with van der Waals surface area (Å²) >= 11 is 0. The monoisotopic (exact) mass is 221 g/mol. The summed E-state index contributed by atoms with van der Waals surface area (Å²) < 4.78 is 0. The Balaban J connectivity index is 2.10. The highest BCUT2D eigenvalue weighted by atomic mass is 16.3. The predicted octanol–water partition coefficient (Wildman–Crippen LogP) is 1.83. The fourth-order valence-electron chi connectivity index (χ4n) is 2.59. The van der Waals surface area contributed by atoms with Gasteiger partial charge >= 0.3 is 0 Å². The van der Waals surface area contributed by atoms with E-state index in [1.165, 1.54) is 6.42 Å². The normalized spacial score (nSPS) is 30.0. The first-order valence-electron chi connectivity index (χ1n) is 5.89. The number of anilines is 1. The van der Waals surface area contributed by atoms with Crippen LogP contribution in [0.5, 0.6) is 0 Å². The first kappa shape index (κ1) is 11.3. The molecule has 0 amide bonds. The average Bonchev–Trinajstić information content (AvgIpc) is 2.30. The average molecular weight is 221 g/mol. The smallest absolute Gasteiger partial charge is 0.144 e. The van der Waals surface area contributed by atoms with Crippen LogP contribution in [0.2, 0.25) is 0 Å². The van der Waals surface area contributed by atoms with Gasteiger partial charge in [0.1, 0.15) is 5.82 Å². The van der Waals surface area contributed by atoms with E-state index in [1.54, 1.807) is 18.6 Å². The molecule has 1 saturated carbocycles. The van der Waals surface area contributed by atoms with Crippen molar-refractivity contribution in [2.75, 3.05) is 11.9 Å². The van der Waals surface area contributed by atoms with Crippen molar-refractivity contribution >= 4 is 5.82 Å². The number of aromatic nitrogens is 2. The van der Waals surface area contributed by atoms with Crippen LogP contribution in [0.3, 0.4) is 0 Å². The molecule has 2 N–H and O–H groups in total. The third-order valence-corrected chi connectivity index (χ3v) is 3.35. The maximum atomic E-state index is 9.61. The summed E-state index contributed by atoms with van der Waals surface area (Å²) in [6.45, 7) is 2.40. The Labute approximate surface area is 96.1 Å². The fourth-order valence-corrected chi connectivity index (χ4v) is 2.59. The van der Waals surface area contributed by atoms with Crippen LogP contribution in [0.4, 0.5) is 5.82 Å². The Morgan fingerprint density at radius 3 is 3.06 bits per heavy atom. The number of hydrogen-bond acceptors (Lipinski definition) is 4. The Hall–Kier alpha value is -1.16. The van der Waals surface area contributed by atoms with Gasteiger partial charge in [0, 0.05) is 12.4 Å². The number of nitrogens with one attached hydrogen (secondary N) is 1. The molecule has 0 radical (unpaired) electrons. The van der Waals surface area contributed by atoms with Gasteiger partial charge < -0.3 is 10.4 Å². The molecule has 2 unspecified atom stereocenters. The SMILES string of the molecule is CC1CCCC(CO)(Nc2cnccn2)C1. The van der Waals surface area contributed by atoms with E-state index in [1.807, 2.05) is 0 Å². The summed E-state index contributed by atoms with van der Waals surface area (Å²) in [5, 5.41) is 13.0. The van der Waals surface area contributed by atoms with Crippen molar-refractivity contribution in [1.29, 1.82) is 0 Å². The molecule has 2 atom stereocenters. The molecule has 0 saturated heterocycles. The van der Waals surface area contributed by atoms with E-state index in [0.717, 1.165) is 25.1 Å². The topological polar surface area (TPSA) is 58.0 Å². The molecule has 1 aromatic rings. The van der Waals surface area contributed by atoms with Gasteiger partial charge in [0.2, 0.25) is 0 Å². The second-order valence-corrected chi connectivity index (χ2v) is 4.86. The summed E-state index contributed by atoms with van der Waals surface area (Å²) in [7, 11) is 0. The molecule has 2 rings (SSSR count). The first-order chi connectivity index (χ1) is 7.74. The number of aliphatic hydroxyl groups is 1. The Bertz CT molecular complexity index is 330. The van der Waals surface area contributed by atoms with E-state index in [0.29, 0.717) is 5.92 Å². The Morgan fingerprint density at radius 1 is 1.56 bits per heavy atom. The van der Waals surface area contributed by atoms with Crippen molar-refractivity contribution in [3.63, 3.8) is 0 Å². The molecule has 4 heteroatoms. The van der Waals surface area contributed by atoms with Crippen LogP contribution >= 0.6 is 0 Å². The zero-order valence-corrected chi connectivity index (χ0v) is 9.69. The number of hydrogen-bond donors (Lipinski definition) is 2. The van der Waals surface area contributed by atoms with Crippen molar-refractivity contribution in [1.82, 2.24) is 9.97 Å². The molecular formula is C12H19N3O. The lowest BCUT2D eigenvalue weighted by atomic mass is 9.77. The van der Waals surface area contributed by atoms with Gasteiger partial charge in [-0.3, -0.25) is 4.98 Å². The molecule has 16 heavy (non-hydrogen) atoms. The van der Waals surface area contributed by atoms with E-state index < -0.39 is 0 Å². The lowest BCUT2D eigenvalue weighted by molar-refractivity contribution is 0.149. The molecular weight excluding hydrogens is 202 g/mol. The molecule has 1 aromatic heterocycles. The van der Waals surface area contributed by atoms with E-state index in [4.69, 9.17) is 0 Å². The lowest BCUT2D eigenvalue weighted by Crippen LogP contribution is -2.46. The van der Waals surface area contributed by atoms with Gasteiger partial charge in [0.15, 0.2) is 0 Å². The summed E-state index contributed by atoms with van der Waals surface area (Å²) in [6, 6.07) is 0. The summed E-state index contributed by atoms with van der Waals surface area (Å²) in [5.74, 6) is 1.41. The van der Waals surface area contributed by atoms with Gasteiger partial charge in [-0.05, 0) is 18.8 Å². The standard InChI is InChI=1S/C12H19N3O/c1-10-3-2-4-12(7-10,9-16)15-11-8-13-5-6-14-11/h5-6,8,10,16H,2-4,7,9H2,1H3,(H,14,15). The van der Waals surface area contributed by atoms with E-state index in [9.17, 15) is 5.11 Å². The molecule has 0 aliphatic heterocycles. The minimum absolute atomic E-state index is 0.161. The molecule has 88 valence electrons. The van der Waals surface area contributed by atoms with E-state index in [-0.39, 0.29) is 12.1 Å². The van der Waals surface area contributed by atoms with E-state index >= 15 is 0 Å². The van der Waals surface area contributed by atoms with Gasteiger partial charge in [-0.2, -0.15) is 0 Å². The van der Waals surface area contributed by atoms with Crippen LogP contribution in [-0.4, -0.2) is 27.2 Å². The third kappa shape index (κ3) is 2.50. The van der Waals surface area contributed by atoms with Gasteiger partial charge in [0.25, 0.3) is 0 Å². The Kier molecular flexibility index (Phi) is 3.39. The summed E-state index contributed by atoms with van der Waals surface area (Å²) in [6.07, 6.45) is 9.44. The van der Waals surface area contributed by atoms with Crippen molar-refractivity contribution in [3.05, 3.63) is 18.6 Å². The minimum Gasteiger partial charge on any atom is -0.394 e. The molecule has 1 aliphatic carbocycles. The van der Waals surface area contributed by atoms with Crippen LogP contribution in [0.15, 0.2) is 18.6 Å². The first-order valence-corrected chi connectivity index (χ1v) is 5.89. The maximum Gasteiger partial charge on any atom is 0.144 e. The van der Waals surface area contributed by atoms with Crippen LogP contribution in [-0.2, 0) is 0 Å². The van der Waals surface area contributed by atoms with E-state index in [2.05, 4.69) is 22.2 Å². The molecule has 0 bridgehead atoms. The van der Waals surface area contributed by atoms with Gasteiger partial charge in [0.05, 0.1) is 18.3 Å². The van der Waals surface area contributed by atoms with Crippen molar-refractivity contribution in [3.8, 4) is 0 Å². The lowest BCUT2D eigenvalue weighted by Gasteiger charge is -2.39. The number of rotatable bonds is 3. The van der Waals surface area contributed by atoms with Crippen molar-refractivity contribution in [2.24, 2.45) is 5.92 Å². The highest BCUT2D eigenvalue weighted by Gasteiger charge is 2.34. The molecule has 4 nitrogen and oxygen atoms in total. The summed E-state index contributed by atoms with van der Waals surface area (Å²) in [5.41, 5.74) is -0.201. The van der Waals surface area contributed by atoms with Crippen LogP contribution in [0.25, 0.3) is 0 Å². The largest absolute Gasteiger partial charge is 0.394 e. The van der Waals surface area contributed by atoms with Crippen LogP contribution in [0, 0.1) is 5.92 Å². The second-order valence-electron chi connectivity index (χ2n) is 4.86. The highest BCUT2D eigenvalue weighted by Crippen LogP contribution is 2.34. The molecule has 1 aliphatic rings. The molecule has 0 aromatic carbocycles. The third-order valence-electron chi connectivity index (χ3n) is 3.35. The predicted molar refractivity (Wildman–Crippen MR) is 63.1 cm³/mol. The van der Waals surface area contributed by atoms with Crippen molar-refractivity contribution in [2.45, 2.75) is 38.1 Å². The zero-order valence-electron chi connectivity index (χ0n) is 9.69. The quantitative estimate of drug-likeness (QED) is 0.817. The molecule has 1 fully saturated rings. The number of nitrogens with zero attached hydrogens (tertiary/aromatic N) is 2.